The average Bonchev–Trinajstić information content (AvgIpc) is 2.71. The Bertz CT molecular complexity index is 1050. The molecule has 0 saturated carbocycles. The topological polar surface area (TPSA) is 77.0 Å². The highest BCUT2D eigenvalue weighted by Crippen LogP contribution is 2.30. The zero-order valence-corrected chi connectivity index (χ0v) is 15.7. The van der Waals surface area contributed by atoms with E-state index in [-0.39, 0.29) is 11.1 Å². The Hall–Kier alpha value is -3.22. The van der Waals surface area contributed by atoms with Crippen LogP contribution in [0.3, 0.4) is 0 Å². The number of nitrogens with two attached hydrogens (primary N) is 1. The Morgan fingerprint density at radius 3 is 2.75 bits per heavy atom. The van der Waals surface area contributed by atoms with Crippen molar-refractivity contribution in [2.45, 2.75) is 18.8 Å². The van der Waals surface area contributed by atoms with Crippen LogP contribution in [-0.4, -0.2) is 27.6 Å². The number of nitrogens with zero attached hydrogens (tertiary/aromatic N) is 4. The lowest BCUT2D eigenvalue weighted by Gasteiger charge is -2.34. The van der Waals surface area contributed by atoms with E-state index in [9.17, 15) is 9.18 Å². The van der Waals surface area contributed by atoms with E-state index in [1.165, 1.54) is 28.5 Å². The maximum absolute atomic E-state index is 14.2. The van der Waals surface area contributed by atoms with Crippen LogP contribution < -0.4 is 16.2 Å². The maximum Gasteiger partial charge on any atom is 0.255 e. The second kappa shape index (κ2) is 7.42. The quantitative estimate of drug-likeness (QED) is 0.708. The molecule has 28 heavy (non-hydrogen) atoms. The average molecular weight is 379 g/mol. The largest absolute Gasteiger partial charge is 0.399 e. The van der Waals surface area contributed by atoms with Gasteiger partial charge in [-0.3, -0.25) is 14.3 Å². The SMILES string of the molecule is Cn1c(N2CCC[C@@H](c3ccc(N)cc3)C2)nc(-c2ccncc2F)cc1=O. The molecule has 1 atom stereocenters. The van der Waals surface area contributed by atoms with Gasteiger partial charge in [-0.1, -0.05) is 12.1 Å². The Labute approximate surface area is 162 Å². The van der Waals surface area contributed by atoms with Gasteiger partial charge >= 0.3 is 0 Å². The minimum atomic E-state index is -0.493. The Morgan fingerprint density at radius 2 is 2.00 bits per heavy atom. The highest BCUT2D eigenvalue weighted by Gasteiger charge is 2.24. The molecule has 4 rings (SSSR count). The van der Waals surface area contributed by atoms with Crippen molar-refractivity contribution in [2.75, 3.05) is 23.7 Å². The van der Waals surface area contributed by atoms with Crippen molar-refractivity contribution >= 4 is 11.6 Å². The number of benzene rings is 1. The van der Waals surface area contributed by atoms with Crippen molar-refractivity contribution in [1.82, 2.24) is 14.5 Å². The predicted molar refractivity (Wildman–Crippen MR) is 108 cm³/mol. The minimum absolute atomic E-state index is 0.217. The van der Waals surface area contributed by atoms with E-state index in [0.29, 0.717) is 17.6 Å². The molecular weight excluding hydrogens is 357 g/mol. The van der Waals surface area contributed by atoms with E-state index in [1.54, 1.807) is 7.05 Å². The van der Waals surface area contributed by atoms with Crippen LogP contribution in [0.15, 0.2) is 53.6 Å². The van der Waals surface area contributed by atoms with Crippen LogP contribution in [0.1, 0.15) is 24.3 Å². The van der Waals surface area contributed by atoms with Gasteiger partial charge in [-0.25, -0.2) is 9.37 Å². The molecule has 2 aromatic heterocycles. The van der Waals surface area contributed by atoms with Crippen LogP contribution in [0.5, 0.6) is 0 Å². The van der Waals surface area contributed by atoms with Crippen LogP contribution in [-0.2, 0) is 7.05 Å². The lowest BCUT2D eigenvalue weighted by molar-refractivity contribution is 0.497. The van der Waals surface area contributed by atoms with Gasteiger partial charge in [-0.2, -0.15) is 0 Å². The molecule has 1 aliphatic rings. The molecular formula is C21H22FN5O. The van der Waals surface area contributed by atoms with E-state index >= 15 is 0 Å². The first-order valence-electron chi connectivity index (χ1n) is 9.31. The molecule has 3 heterocycles. The second-order valence-electron chi connectivity index (χ2n) is 7.15. The fourth-order valence-corrected chi connectivity index (χ4v) is 3.73. The minimum Gasteiger partial charge on any atom is -0.399 e. The molecule has 2 N–H and O–H groups in total. The van der Waals surface area contributed by atoms with Gasteiger partial charge < -0.3 is 10.6 Å². The van der Waals surface area contributed by atoms with Crippen LogP contribution in [0.4, 0.5) is 16.0 Å². The molecule has 0 spiro atoms. The van der Waals surface area contributed by atoms with Gasteiger partial charge in [0.15, 0.2) is 5.82 Å². The summed E-state index contributed by atoms with van der Waals surface area (Å²) in [4.78, 5) is 23.0. The maximum atomic E-state index is 14.2. The summed E-state index contributed by atoms with van der Waals surface area (Å²) in [7, 11) is 1.70. The molecule has 1 saturated heterocycles. The smallest absolute Gasteiger partial charge is 0.255 e. The monoisotopic (exact) mass is 379 g/mol. The standard InChI is InChI=1S/C21H22FN5O/c1-26-20(28)11-19(17-8-9-24-12-18(17)22)25-21(26)27-10-2-3-15(13-27)14-4-6-16(23)7-5-14/h4-9,11-12,15H,2-3,10,13,23H2,1H3/t15-/m1/s1. The number of rotatable bonds is 3. The number of hydrogen-bond donors (Lipinski definition) is 1. The van der Waals surface area contributed by atoms with Gasteiger partial charge in [0.05, 0.1) is 11.9 Å². The highest BCUT2D eigenvalue weighted by molar-refractivity contribution is 5.60. The molecule has 144 valence electrons. The van der Waals surface area contributed by atoms with Crippen LogP contribution in [0.2, 0.25) is 0 Å². The van der Waals surface area contributed by atoms with Crippen LogP contribution in [0, 0.1) is 5.82 Å². The summed E-state index contributed by atoms with van der Waals surface area (Å²) in [6, 6.07) is 10.8. The van der Waals surface area contributed by atoms with Crippen molar-refractivity contribution in [2.24, 2.45) is 7.05 Å². The van der Waals surface area contributed by atoms with Gasteiger partial charge in [0.25, 0.3) is 5.56 Å². The molecule has 7 heteroatoms. The predicted octanol–water partition coefficient (Wildman–Crippen LogP) is 2.95. The number of halogens is 1. The van der Waals surface area contributed by atoms with Gasteiger partial charge in [-0.05, 0) is 36.6 Å². The summed E-state index contributed by atoms with van der Waals surface area (Å²) in [5.41, 5.74) is 8.16. The van der Waals surface area contributed by atoms with Crippen molar-refractivity contribution in [1.29, 1.82) is 0 Å². The number of nitrogen functional groups attached to an aromatic ring is 1. The molecule has 0 amide bonds. The van der Waals surface area contributed by atoms with Gasteiger partial charge in [0.1, 0.15) is 0 Å². The van der Waals surface area contributed by atoms with Crippen molar-refractivity contribution in [3.63, 3.8) is 0 Å². The Balaban J connectivity index is 1.69. The molecule has 0 bridgehead atoms. The molecule has 1 fully saturated rings. The van der Waals surface area contributed by atoms with Crippen molar-refractivity contribution in [3.05, 3.63) is 70.5 Å². The number of aromatic nitrogens is 3. The summed E-state index contributed by atoms with van der Waals surface area (Å²) in [6.45, 7) is 1.54. The van der Waals surface area contributed by atoms with Gasteiger partial charge in [0.2, 0.25) is 5.95 Å². The van der Waals surface area contributed by atoms with E-state index in [0.717, 1.165) is 37.8 Å². The Kier molecular flexibility index (Phi) is 4.81. The normalized spacial score (nSPS) is 16.9. The number of pyridine rings is 1. The van der Waals surface area contributed by atoms with Crippen molar-refractivity contribution < 1.29 is 4.39 Å². The molecule has 0 unspecified atom stereocenters. The first-order valence-corrected chi connectivity index (χ1v) is 9.31. The molecule has 0 aliphatic carbocycles. The zero-order chi connectivity index (χ0) is 19.7. The third-order valence-corrected chi connectivity index (χ3v) is 5.27. The van der Waals surface area contributed by atoms with Crippen molar-refractivity contribution in [3.8, 4) is 11.3 Å². The van der Waals surface area contributed by atoms with E-state index in [4.69, 9.17) is 5.73 Å². The molecule has 6 nitrogen and oxygen atoms in total. The van der Waals surface area contributed by atoms with Crippen LogP contribution in [0.25, 0.3) is 11.3 Å². The fraction of sp³-hybridized carbons (Fsp3) is 0.286. The number of hydrogen-bond acceptors (Lipinski definition) is 5. The molecule has 1 aromatic carbocycles. The number of anilines is 2. The third kappa shape index (κ3) is 3.47. The van der Waals surface area contributed by atoms with E-state index < -0.39 is 5.82 Å². The van der Waals surface area contributed by atoms with Gasteiger partial charge in [0, 0.05) is 49.6 Å². The summed E-state index contributed by atoms with van der Waals surface area (Å²) >= 11 is 0. The summed E-state index contributed by atoms with van der Waals surface area (Å²) in [6.07, 6.45) is 4.67. The summed E-state index contributed by atoms with van der Waals surface area (Å²) in [5.74, 6) is 0.388. The van der Waals surface area contributed by atoms with E-state index in [2.05, 4.69) is 27.0 Å². The molecule has 1 aliphatic heterocycles. The summed E-state index contributed by atoms with van der Waals surface area (Å²) in [5, 5.41) is 0. The lowest BCUT2D eigenvalue weighted by Crippen LogP contribution is -2.38. The summed E-state index contributed by atoms with van der Waals surface area (Å²) < 4.78 is 15.7. The Morgan fingerprint density at radius 1 is 1.21 bits per heavy atom. The fourth-order valence-electron chi connectivity index (χ4n) is 3.73. The highest BCUT2D eigenvalue weighted by atomic mass is 19.1. The van der Waals surface area contributed by atoms with Gasteiger partial charge in [-0.15, -0.1) is 0 Å². The first kappa shape index (κ1) is 18.2. The zero-order valence-electron chi connectivity index (χ0n) is 15.7. The lowest BCUT2D eigenvalue weighted by atomic mass is 9.90. The number of piperidine rings is 1. The molecule has 3 aromatic rings. The molecule has 0 radical (unpaired) electrons. The van der Waals surface area contributed by atoms with E-state index in [1.807, 2.05) is 12.1 Å². The third-order valence-electron chi connectivity index (χ3n) is 5.27. The second-order valence-corrected chi connectivity index (χ2v) is 7.15. The first-order chi connectivity index (χ1) is 13.5. The van der Waals surface area contributed by atoms with Crippen LogP contribution >= 0.6 is 0 Å².